The van der Waals surface area contributed by atoms with Gasteiger partial charge >= 0.3 is 0 Å². The molecule has 3 rings (SSSR count). The van der Waals surface area contributed by atoms with Gasteiger partial charge < -0.3 is 15.4 Å². The van der Waals surface area contributed by atoms with Crippen molar-refractivity contribution in [2.24, 2.45) is 0 Å². The molecule has 0 spiro atoms. The van der Waals surface area contributed by atoms with Crippen molar-refractivity contribution < 1.29 is 18.7 Å². The number of hydrogen-bond acceptors (Lipinski definition) is 5. The summed E-state index contributed by atoms with van der Waals surface area (Å²) in [7, 11) is 0. The first-order chi connectivity index (χ1) is 14.0. The van der Waals surface area contributed by atoms with Gasteiger partial charge in [-0.1, -0.05) is 17.7 Å². The van der Waals surface area contributed by atoms with Crippen LogP contribution in [0.15, 0.2) is 36.5 Å². The van der Waals surface area contributed by atoms with Crippen LogP contribution in [0.5, 0.6) is 0 Å². The van der Waals surface area contributed by atoms with E-state index in [-0.39, 0.29) is 30.3 Å². The van der Waals surface area contributed by atoms with E-state index in [1.807, 2.05) is 0 Å². The second-order valence-corrected chi connectivity index (χ2v) is 7.05. The molecule has 1 aromatic heterocycles. The maximum atomic E-state index is 14.1. The van der Waals surface area contributed by atoms with E-state index in [0.29, 0.717) is 36.2 Å². The van der Waals surface area contributed by atoms with Gasteiger partial charge in [-0.05, 0) is 29.8 Å². The van der Waals surface area contributed by atoms with E-state index in [0.717, 1.165) is 13.1 Å². The van der Waals surface area contributed by atoms with Crippen LogP contribution in [0.3, 0.4) is 0 Å². The molecule has 7 nitrogen and oxygen atoms in total. The molecular weight excluding hydrogens is 399 g/mol. The average molecular weight is 421 g/mol. The molecule has 0 saturated carbocycles. The molecule has 1 aromatic carbocycles. The van der Waals surface area contributed by atoms with Gasteiger partial charge in [-0.3, -0.25) is 14.5 Å². The molecule has 2 N–H and O–H groups in total. The fourth-order valence-electron chi connectivity index (χ4n) is 2.90. The van der Waals surface area contributed by atoms with Crippen LogP contribution in [0.1, 0.15) is 12.0 Å². The van der Waals surface area contributed by atoms with Gasteiger partial charge in [0.2, 0.25) is 11.8 Å². The lowest BCUT2D eigenvalue weighted by Crippen LogP contribution is -2.38. The normalized spacial score (nSPS) is 14.4. The molecule has 1 saturated heterocycles. The van der Waals surface area contributed by atoms with Gasteiger partial charge in [0, 0.05) is 37.9 Å². The van der Waals surface area contributed by atoms with E-state index in [9.17, 15) is 14.0 Å². The van der Waals surface area contributed by atoms with Crippen LogP contribution in [-0.2, 0) is 20.7 Å². The molecule has 0 unspecified atom stereocenters. The summed E-state index contributed by atoms with van der Waals surface area (Å²) < 4.78 is 19.3. The fraction of sp³-hybridized carbons (Fsp3) is 0.350. The van der Waals surface area contributed by atoms with Crippen molar-refractivity contribution >= 4 is 34.8 Å². The molecule has 2 heterocycles. The molecule has 154 valence electrons. The molecular formula is C20H22ClFN4O3. The Morgan fingerprint density at radius 1 is 1.14 bits per heavy atom. The van der Waals surface area contributed by atoms with E-state index >= 15 is 0 Å². The lowest BCUT2D eigenvalue weighted by atomic mass is 10.2. The molecule has 0 aliphatic carbocycles. The highest BCUT2D eigenvalue weighted by molar-refractivity contribution is 6.29. The minimum Gasteiger partial charge on any atom is -0.379 e. The summed E-state index contributed by atoms with van der Waals surface area (Å²) in [6, 6.07) is 7.36. The third-order valence-corrected chi connectivity index (χ3v) is 4.66. The summed E-state index contributed by atoms with van der Waals surface area (Å²) in [5.74, 6) is -1.14. The molecule has 0 atom stereocenters. The van der Waals surface area contributed by atoms with Crippen LogP contribution < -0.4 is 10.6 Å². The molecule has 1 aliphatic rings. The summed E-state index contributed by atoms with van der Waals surface area (Å²) in [6.07, 6.45) is 1.87. The average Bonchev–Trinajstić information content (AvgIpc) is 2.71. The van der Waals surface area contributed by atoms with Crippen LogP contribution in [0.2, 0.25) is 5.15 Å². The van der Waals surface area contributed by atoms with Crippen molar-refractivity contribution in [1.29, 1.82) is 0 Å². The highest BCUT2D eigenvalue weighted by Gasteiger charge is 2.14. The number of carbonyl (C=O) groups excluding carboxylic acids is 2. The van der Waals surface area contributed by atoms with Crippen molar-refractivity contribution in [3.63, 3.8) is 0 Å². The van der Waals surface area contributed by atoms with Crippen molar-refractivity contribution in [1.82, 2.24) is 9.88 Å². The Kier molecular flexibility index (Phi) is 7.51. The van der Waals surface area contributed by atoms with Crippen molar-refractivity contribution in [3.8, 4) is 0 Å². The fourth-order valence-corrected chi connectivity index (χ4v) is 3.01. The molecule has 2 aromatic rings. The van der Waals surface area contributed by atoms with Gasteiger partial charge in [-0.15, -0.1) is 0 Å². The van der Waals surface area contributed by atoms with Gasteiger partial charge in [0.25, 0.3) is 0 Å². The third-order valence-electron chi connectivity index (χ3n) is 4.44. The number of anilines is 2. The first kappa shape index (κ1) is 21.2. The molecule has 29 heavy (non-hydrogen) atoms. The van der Waals surface area contributed by atoms with E-state index < -0.39 is 5.82 Å². The number of amides is 2. The largest absolute Gasteiger partial charge is 0.379 e. The first-order valence-electron chi connectivity index (χ1n) is 9.29. The van der Waals surface area contributed by atoms with Crippen molar-refractivity contribution in [3.05, 3.63) is 53.1 Å². The summed E-state index contributed by atoms with van der Waals surface area (Å²) >= 11 is 5.73. The number of aromatic nitrogens is 1. The predicted octanol–water partition coefficient (Wildman–Crippen LogP) is 2.72. The van der Waals surface area contributed by atoms with Crippen LogP contribution >= 0.6 is 11.6 Å². The Balaban J connectivity index is 1.53. The monoisotopic (exact) mass is 420 g/mol. The second-order valence-electron chi connectivity index (χ2n) is 6.66. The molecule has 2 amide bonds. The second kappa shape index (κ2) is 10.3. The third kappa shape index (κ3) is 6.77. The van der Waals surface area contributed by atoms with E-state index in [1.165, 1.54) is 24.4 Å². The minimum atomic E-state index is -0.565. The maximum Gasteiger partial charge on any atom is 0.228 e. The number of rotatable bonds is 7. The lowest BCUT2D eigenvalue weighted by Gasteiger charge is -2.26. The van der Waals surface area contributed by atoms with Crippen molar-refractivity contribution in [2.45, 2.75) is 12.8 Å². The Labute approximate surface area is 173 Å². The quantitative estimate of drug-likeness (QED) is 0.673. The Bertz CT molecular complexity index is 857. The zero-order valence-corrected chi connectivity index (χ0v) is 16.5. The highest BCUT2D eigenvalue weighted by atomic mass is 35.5. The molecule has 1 aliphatic heterocycles. The van der Waals surface area contributed by atoms with Gasteiger partial charge in [-0.25, -0.2) is 9.37 Å². The molecule has 9 heteroatoms. The zero-order chi connectivity index (χ0) is 20.6. The maximum absolute atomic E-state index is 14.1. The van der Waals surface area contributed by atoms with Crippen molar-refractivity contribution in [2.75, 3.05) is 43.5 Å². The van der Waals surface area contributed by atoms with Crippen LogP contribution in [0.4, 0.5) is 15.8 Å². The first-order valence-corrected chi connectivity index (χ1v) is 9.67. The summed E-state index contributed by atoms with van der Waals surface area (Å²) in [6.45, 7) is 3.47. The Morgan fingerprint density at radius 3 is 2.66 bits per heavy atom. The van der Waals surface area contributed by atoms with Gasteiger partial charge in [-0.2, -0.15) is 0 Å². The summed E-state index contributed by atoms with van der Waals surface area (Å²) in [5, 5.41) is 5.61. The number of benzene rings is 1. The SMILES string of the molecule is O=C(Cc1ccc(Cl)nc1)Nc1ccc(F)c(NC(=O)CCN2CCOCC2)c1. The Morgan fingerprint density at radius 2 is 1.93 bits per heavy atom. The van der Waals surface area contributed by atoms with E-state index in [2.05, 4.69) is 20.5 Å². The standard InChI is InChI=1S/C20H22ClFN4O3/c21-18-4-1-14(13-23-18)11-20(28)24-15-2-3-16(22)17(12-15)25-19(27)5-6-26-7-9-29-10-8-26/h1-4,12-13H,5-11H2,(H,24,28)(H,25,27). The summed E-state index contributed by atoms with van der Waals surface area (Å²) in [4.78, 5) is 30.4. The molecule has 0 radical (unpaired) electrons. The minimum absolute atomic E-state index is 0.0305. The number of pyridine rings is 1. The Hall–Kier alpha value is -2.55. The number of hydrogen-bond donors (Lipinski definition) is 2. The number of nitrogens with zero attached hydrogens (tertiary/aromatic N) is 2. The number of carbonyl (C=O) groups is 2. The number of ether oxygens (including phenoxy) is 1. The number of nitrogens with one attached hydrogen (secondary N) is 2. The molecule has 0 bridgehead atoms. The van der Waals surface area contributed by atoms with Gasteiger partial charge in [0.05, 0.1) is 25.3 Å². The van der Waals surface area contributed by atoms with E-state index in [4.69, 9.17) is 16.3 Å². The predicted molar refractivity (Wildman–Crippen MR) is 108 cm³/mol. The van der Waals surface area contributed by atoms with Gasteiger partial charge in [0.15, 0.2) is 0 Å². The highest BCUT2D eigenvalue weighted by Crippen LogP contribution is 2.20. The molecule has 1 fully saturated rings. The summed E-state index contributed by atoms with van der Waals surface area (Å²) in [5.41, 5.74) is 1.12. The zero-order valence-electron chi connectivity index (χ0n) is 15.8. The van der Waals surface area contributed by atoms with E-state index in [1.54, 1.807) is 12.1 Å². The van der Waals surface area contributed by atoms with Crippen LogP contribution in [0.25, 0.3) is 0 Å². The number of halogens is 2. The van der Waals surface area contributed by atoms with Crippen LogP contribution in [-0.4, -0.2) is 54.5 Å². The topological polar surface area (TPSA) is 83.6 Å². The van der Waals surface area contributed by atoms with Gasteiger partial charge in [0.1, 0.15) is 11.0 Å². The lowest BCUT2D eigenvalue weighted by molar-refractivity contribution is -0.117. The van der Waals surface area contributed by atoms with Crippen LogP contribution in [0, 0.1) is 5.82 Å². The smallest absolute Gasteiger partial charge is 0.228 e. The number of morpholine rings is 1.